The smallest absolute Gasteiger partial charge is 0.140 e. The lowest BCUT2D eigenvalue weighted by atomic mass is 10.1. The van der Waals surface area contributed by atoms with E-state index < -0.39 is 5.82 Å². The molecule has 1 unspecified atom stereocenters. The van der Waals surface area contributed by atoms with Crippen LogP contribution in [0.1, 0.15) is 24.5 Å². The maximum atomic E-state index is 13.3. The van der Waals surface area contributed by atoms with E-state index in [9.17, 15) is 9.50 Å². The van der Waals surface area contributed by atoms with Crippen LogP contribution < -0.4 is 0 Å². The summed E-state index contributed by atoms with van der Waals surface area (Å²) < 4.78 is 13.3. The SMILES string of the molecule is CCC(CO)N1CCN(Cc2ccc(F)c(C#N)c2)CC1. The van der Waals surface area contributed by atoms with E-state index in [1.165, 1.54) is 6.07 Å². The second kappa shape index (κ2) is 7.51. The van der Waals surface area contributed by atoms with Crippen molar-refractivity contribution in [3.05, 3.63) is 35.1 Å². The van der Waals surface area contributed by atoms with Gasteiger partial charge in [-0.15, -0.1) is 0 Å². The van der Waals surface area contributed by atoms with Crippen molar-refractivity contribution in [3.63, 3.8) is 0 Å². The third kappa shape index (κ3) is 4.01. The molecule has 2 rings (SSSR count). The van der Waals surface area contributed by atoms with Crippen LogP contribution in [0.25, 0.3) is 0 Å². The van der Waals surface area contributed by atoms with Crippen LogP contribution in [0.5, 0.6) is 0 Å². The Morgan fingerprint density at radius 2 is 2.05 bits per heavy atom. The molecule has 0 saturated carbocycles. The van der Waals surface area contributed by atoms with Gasteiger partial charge in [0.05, 0.1) is 12.2 Å². The van der Waals surface area contributed by atoms with Gasteiger partial charge in [0.25, 0.3) is 0 Å². The zero-order chi connectivity index (χ0) is 15.2. The van der Waals surface area contributed by atoms with Gasteiger partial charge in [-0.05, 0) is 24.1 Å². The summed E-state index contributed by atoms with van der Waals surface area (Å²) in [6.07, 6.45) is 0.958. The largest absolute Gasteiger partial charge is 0.395 e. The Hall–Kier alpha value is -1.48. The Morgan fingerprint density at radius 3 is 2.62 bits per heavy atom. The molecule has 0 bridgehead atoms. The predicted octanol–water partition coefficient (Wildman–Crippen LogP) is 1.59. The lowest BCUT2D eigenvalue weighted by molar-refractivity contribution is 0.0608. The van der Waals surface area contributed by atoms with Crippen molar-refractivity contribution in [1.82, 2.24) is 9.80 Å². The molecule has 1 atom stereocenters. The molecular formula is C16H22FN3O. The summed E-state index contributed by atoms with van der Waals surface area (Å²) in [7, 11) is 0. The molecule has 0 aromatic heterocycles. The molecule has 1 N–H and O–H groups in total. The minimum Gasteiger partial charge on any atom is -0.395 e. The van der Waals surface area contributed by atoms with Crippen molar-refractivity contribution in [2.75, 3.05) is 32.8 Å². The van der Waals surface area contributed by atoms with Crippen molar-refractivity contribution in [3.8, 4) is 6.07 Å². The summed E-state index contributed by atoms with van der Waals surface area (Å²) >= 11 is 0. The number of nitriles is 1. The zero-order valence-electron chi connectivity index (χ0n) is 12.4. The molecule has 21 heavy (non-hydrogen) atoms. The van der Waals surface area contributed by atoms with Gasteiger partial charge in [0.2, 0.25) is 0 Å². The van der Waals surface area contributed by atoms with E-state index in [2.05, 4.69) is 16.7 Å². The van der Waals surface area contributed by atoms with E-state index >= 15 is 0 Å². The minimum absolute atomic E-state index is 0.109. The third-order valence-electron chi connectivity index (χ3n) is 4.16. The second-order valence-electron chi connectivity index (χ2n) is 5.48. The van der Waals surface area contributed by atoms with E-state index in [0.717, 1.165) is 44.7 Å². The molecule has 1 aromatic rings. The van der Waals surface area contributed by atoms with Gasteiger partial charge in [-0.3, -0.25) is 9.80 Å². The predicted molar refractivity (Wildman–Crippen MR) is 79.1 cm³/mol. The van der Waals surface area contributed by atoms with Crippen LogP contribution >= 0.6 is 0 Å². The fraction of sp³-hybridized carbons (Fsp3) is 0.562. The van der Waals surface area contributed by atoms with Crippen molar-refractivity contribution in [2.24, 2.45) is 0 Å². The van der Waals surface area contributed by atoms with Crippen LogP contribution in [-0.2, 0) is 6.54 Å². The molecule has 1 saturated heterocycles. The van der Waals surface area contributed by atoms with Crippen molar-refractivity contribution < 1.29 is 9.50 Å². The number of hydrogen-bond donors (Lipinski definition) is 1. The molecule has 1 aliphatic rings. The summed E-state index contributed by atoms with van der Waals surface area (Å²) in [5.41, 5.74) is 1.08. The Bertz CT molecular complexity index is 503. The highest BCUT2D eigenvalue weighted by molar-refractivity contribution is 5.34. The van der Waals surface area contributed by atoms with Gasteiger partial charge in [0.1, 0.15) is 11.9 Å². The van der Waals surface area contributed by atoms with E-state index in [0.29, 0.717) is 0 Å². The average Bonchev–Trinajstić information content (AvgIpc) is 2.52. The number of nitrogens with zero attached hydrogens (tertiary/aromatic N) is 3. The zero-order valence-corrected chi connectivity index (χ0v) is 12.4. The second-order valence-corrected chi connectivity index (χ2v) is 5.48. The minimum atomic E-state index is -0.459. The molecule has 5 heteroatoms. The maximum Gasteiger partial charge on any atom is 0.140 e. The Labute approximate surface area is 125 Å². The molecule has 0 radical (unpaired) electrons. The first-order valence-corrected chi connectivity index (χ1v) is 7.43. The first-order chi connectivity index (χ1) is 10.2. The van der Waals surface area contributed by atoms with E-state index in [1.807, 2.05) is 6.07 Å². The summed E-state index contributed by atoms with van der Waals surface area (Å²) in [4.78, 5) is 4.62. The number of benzene rings is 1. The van der Waals surface area contributed by atoms with Crippen LogP contribution in [0.15, 0.2) is 18.2 Å². The first-order valence-electron chi connectivity index (χ1n) is 7.43. The number of hydrogen-bond acceptors (Lipinski definition) is 4. The first kappa shape index (κ1) is 15.9. The van der Waals surface area contributed by atoms with Crippen LogP contribution in [-0.4, -0.2) is 53.7 Å². The van der Waals surface area contributed by atoms with Crippen LogP contribution in [0.3, 0.4) is 0 Å². The monoisotopic (exact) mass is 291 g/mol. The van der Waals surface area contributed by atoms with Gasteiger partial charge in [0, 0.05) is 38.8 Å². The lowest BCUT2D eigenvalue weighted by Gasteiger charge is -2.38. The fourth-order valence-corrected chi connectivity index (χ4v) is 2.80. The highest BCUT2D eigenvalue weighted by Gasteiger charge is 2.22. The van der Waals surface area contributed by atoms with Gasteiger partial charge >= 0.3 is 0 Å². The summed E-state index contributed by atoms with van der Waals surface area (Å²) in [6, 6.07) is 6.87. The molecule has 1 aromatic carbocycles. The molecule has 1 aliphatic heterocycles. The van der Waals surface area contributed by atoms with E-state index in [1.54, 1.807) is 12.1 Å². The molecule has 0 amide bonds. The Kier molecular flexibility index (Phi) is 5.68. The highest BCUT2D eigenvalue weighted by Crippen LogP contribution is 2.14. The molecular weight excluding hydrogens is 269 g/mol. The molecule has 4 nitrogen and oxygen atoms in total. The quantitative estimate of drug-likeness (QED) is 0.895. The maximum absolute atomic E-state index is 13.3. The molecule has 0 spiro atoms. The molecule has 114 valence electrons. The summed E-state index contributed by atoms with van der Waals surface area (Å²) in [6.45, 7) is 6.76. The van der Waals surface area contributed by atoms with Gasteiger partial charge in [0.15, 0.2) is 0 Å². The normalized spacial score (nSPS) is 18.4. The van der Waals surface area contributed by atoms with Crippen LogP contribution in [0.4, 0.5) is 4.39 Å². The van der Waals surface area contributed by atoms with Crippen molar-refractivity contribution in [1.29, 1.82) is 5.26 Å². The highest BCUT2D eigenvalue weighted by atomic mass is 19.1. The number of halogens is 1. The number of rotatable bonds is 5. The van der Waals surface area contributed by atoms with E-state index in [4.69, 9.17) is 5.26 Å². The summed E-state index contributed by atoms with van der Waals surface area (Å²) in [5.74, 6) is -0.459. The lowest BCUT2D eigenvalue weighted by Crippen LogP contribution is -2.50. The van der Waals surface area contributed by atoms with Gasteiger partial charge in [-0.25, -0.2) is 4.39 Å². The number of piperazine rings is 1. The number of aliphatic hydroxyl groups is 1. The standard InChI is InChI=1S/C16H22FN3O/c1-2-15(12-21)20-7-5-19(6-8-20)11-13-3-4-16(17)14(9-13)10-18/h3-4,9,15,21H,2,5-8,11-12H2,1H3. The van der Waals surface area contributed by atoms with Gasteiger partial charge in [-0.1, -0.05) is 13.0 Å². The van der Waals surface area contributed by atoms with Gasteiger partial charge in [-0.2, -0.15) is 5.26 Å². The van der Waals surface area contributed by atoms with E-state index in [-0.39, 0.29) is 18.2 Å². The topological polar surface area (TPSA) is 50.5 Å². The summed E-state index contributed by atoms with van der Waals surface area (Å²) in [5, 5.41) is 18.2. The van der Waals surface area contributed by atoms with Crippen molar-refractivity contribution >= 4 is 0 Å². The fourth-order valence-electron chi connectivity index (χ4n) is 2.80. The molecule has 1 fully saturated rings. The van der Waals surface area contributed by atoms with Gasteiger partial charge < -0.3 is 5.11 Å². The molecule has 1 heterocycles. The number of aliphatic hydroxyl groups excluding tert-OH is 1. The molecule has 0 aliphatic carbocycles. The van der Waals surface area contributed by atoms with Crippen molar-refractivity contribution in [2.45, 2.75) is 25.9 Å². The Morgan fingerprint density at radius 1 is 1.33 bits per heavy atom. The van der Waals surface area contributed by atoms with Crippen LogP contribution in [0.2, 0.25) is 0 Å². The average molecular weight is 291 g/mol. The van der Waals surface area contributed by atoms with Crippen LogP contribution in [0, 0.1) is 17.1 Å². The Balaban J connectivity index is 1.90. The third-order valence-corrected chi connectivity index (χ3v) is 4.16.